The molecule has 8 heteroatoms. The lowest BCUT2D eigenvalue weighted by Gasteiger charge is -2.32. The first kappa shape index (κ1) is 26.9. The molecule has 0 unspecified atom stereocenters. The molecule has 0 spiro atoms. The van der Waals surface area contributed by atoms with Crippen LogP contribution in [0.25, 0.3) is 0 Å². The Morgan fingerprint density at radius 2 is 1.41 bits per heavy atom. The molecule has 0 aromatic heterocycles. The number of ketones is 1. The Bertz CT molecular complexity index is 596. The minimum Gasteiger partial charge on any atom is -0.469 e. The van der Waals surface area contributed by atoms with Gasteiger partial charge in [-0.1, -0.05) is 13.8 Å². The smallest absolute Gasteiger partial charge is 0.410 e. The van der Waals surface area contributed by atoms with Crippen LogP contribution in [0.5, 0.6) is 0 Å². The van der Waals surface area contributed by atoms with Gasteiger partial charge in [-0.15, -0.1) is 0 Å². The highest BCUT2D eigenvalue weighted by Crippen LogP contribution is 2.20. The van der Waals surface area contributed by atoms with Crippen LogP contribution >= 0.6 is 0 Å². The molecule has 0 heterocycles. The number of carbonyl (C=O) groups is 4. The molecular formula is C21H38N2O6. The molecule has 0 aromatic rings. The molecule has 0 N–H and O–H groups in total. The van der Waals surface area contributed by atoms with Crippen LogP contribution in [0.4, 0.5) is 4.79 Å². The molecule has 0 saturated carbocycles. The number of likely N-dealkylation sites (N-methyl/N-ethyl adjacent to an activating group) is 2. The molecule has 0 radical (unpaired) electrons. The summed E-state index contributed by atoms with van der Waals surface area (Å²) >= 11 is 0. The topological polar surface area (TPSA) is 93.2 Å². The van der Waals surface area contributed by atoms with E-state index < -0.39 is 41.6 Å². The average molecular weight is 415 g/mol. The van der Waals surface area contributed by atoms with Crippen LogP contribution in [-0.2, 0) is 23.9 Å². The van der Waals surface area contributed by atoms with E-state index in [0.717, 1.165) is 0 Å². The van der Waals surface area contributed by atoms with Crippen molar-refractivity contribution in [3.8, 4) is 0 Å². The first-order valence-electron chi connectivity index (χ1n) is 9.95. The van der Waals surface area contributed by atoms with Gasteiger partial charge in [-0.3, -0.25) is 19.3 Å². The average Bonchev–Trinajstić information content (AvgIpc) is 2.61. The van der Waals surface area contributed by atoms with Crippen molar-refractivity contribution in [2.75, 3.05) is 21.2 Å². The molecule has 8 nitrogen and oxygen atoms in total. The van der Waals surface area contributed by atoms with E-state index in [1.165, 1.54) is 31.0 Å². The van der Waals surface area contributed by atoms with Gasteiger partial charge in [-0.05, 0) is 47.0 Å². The highest BCUT2D eigenvalue weighted by Gasteiger charge is 2.33. The predicted octanol–water partition coefficient (Wildman–Crippen LogP) is 2.88. The number of hydrogen-bond donors (Lipinski definition) is 0. The minimum atomic E-state index is -0.808. The maximum Gasteiger partial charge on any atom is 0.410 e. The van der Waals surface area contributed by atoms with Crippen molar-refractivity contribution in [1.82, 2.24) is 9.80 Å². The van der Waals surface area contributed by atoms with E-state index in [4.69, 9.17) is 9.47 Å². The van der Waals surface area contributed by atoms with Crippen molar-refractivity contribution >= 4 is 23.8 Å². The van der Waals surface area contributed by atoms with Crippen LogP contribution in [-0.4, -0.2) is 72.4 Å². The summed E-state index contributed by atoms with van der Waals surface area (Å²) in [6.45, 7) is 12.4. The Labute approximate surface area is 174 Å². The van der Waals surface area contributed by atoms with Gasteiger partial charge in [0.1, 0.15) is 11.6 Å². The van der Waals surface area contributed by atoms with Crippen LogP contribution in [0.3, 0.4) is 0 Å². The maximum atomic E-state index is 12.8. The Morgan fingerprint density at radius 3 is 1.83 bits per heavy atom. The number of carbonyl (C=O) groups excluding carboxylic acids is 4. The van der Waals surface area contributed by atoms with Gasteiger partial charge < -0.3 is 14.4 Å². The van der Waals surface area contributed by atoms with Gasteiger partial charge in [0.05, 0.1) is 19.1 Å². The molecule has 0 rings (SSSR count). The van der Waals surface area contributed by atoms with Gasteiger partial charge in [-0.25, -0.2) is 4.79 Å². The zero-order chi connectivity index (χ0) is 23.1. The molecule has 29 heavy (non-hydrogen) atoms. The zero-order valence-corrected chi connectivity index (χ0v) is 19.6. The van der Waals surface area contributed by atoms with Crippen LogP contribution in [0.1, 0.15) is 61.3 Å². The number of nitrogens with zero attached hydrogens (tertiary/aromatic N) is 2. The molecule has 2 amide bonds. The van der Waals surface area contributed by atoms with E-state index >= 15 is 0 Å². The molecule has 0 bridgehead atoms. The van der Waals surface area contributed by atoms with E-state index in [-0.39, 0.29) is 18.1 Å². The van der Waals surface area contributed by atoms with Crippen molar-refractivity contribution < 1.29 is 28.7 Å². The van der Waals surface area contributed by atoms with Gasteiger partial charge in [0, 0.05) is 20.5 Å². The normalized spacial score (nSPS) is 14.6. The Morgan fingerprint density at radius 1 is 0.897 bits per heavy atom. The van der Waals surface area contributed by atoms with Gasteiger partial charge in [0.2, 0.25) is 5.91 Å². The molecule has 0 aliphatic heterocycles. The van der Waals surface area contributed by atoms with Crippen molar-refractivity contribution in [2.24, 2.45) is 11.8 Å². The third-order valence-electron chi connectivity index (χ3n) is 4.75. The lowest BCUT2D eigenvalue weighted by Crippen LogP contribution is -2.51. The number of amides is 2. The van der Waals surface area contributed by atoms with Crippen molar-refractivity contribution in [1.29, 1.82) is 0 Å². The first-order chi connectivity index (χ1) is 13.1. The summed E-state index contributed by atoms with van der Waals surface area (Å²) < 4.78 is 10.1. The Hall–Kier alpha value is -2.12. The van der Waals surface area contributed by atoms with Gasteiger partial charge in [0.25, 0.3) is 0 Å². The molecule has 0 aliphatic rings. The number of esters is 1. The molecule has 0 aromatic carbocycles. The second-order valence-corrected chi connectivity index (χ2v) is 8.91. The number of methoxy groups -OCH3 is 1. The standard InChI is InChI=1S/C21H38N2O6/c1-13(2)11-16(19(26)28-10)12-17(24)14(3)22(8)18(25)15(4)23(9)20(27)29-21(5,6)7/h13-16H,11-12H2,1-10H3/t14-,15+,16+/m1/s1. The Kier molecular flexibility index (Phi) is 10.3. The van der Waals surface area contributed by atoms with E-state index in [9.17, 15) is 19.2 Å². The first-order valence-corrected chi connectivity index (χ1v) is 9.95. The summed E-state index contributed by atoms with van der Waals surface area (Å²) in [5.41, 5.74) is -0.678. The zero-order valence-electron chi connectivity index (χ0n) is 19.6. The molecule has 3 atom stereocenters. The third kappa shape index (κ3) is 8.83. The number of hydrogen-bond acceptors (Lipinski definition) is 6. The summed E-state index contributed by atoms with van der Waals surface area (Å²) in [7, 11) is 4.29. The van der Waals surface area contributed by atoms with Crippen molar-refractivity contribution in [2.45, 2.75) is 79.0 Å². The number of ether oxygens (including phenoxy) is 2. The van der Waals surface area contributed by atoms with Gasteiger partial charge >= 0.3 is 12.1 Å². The summed E-state index contributed by atoms with van der Waals surface area (Å²) in [4.78, 5) is 52.2. The van der Waals surface area contributed by atoms with E-state index in [1.807, 2.05) is 13.8 Å². The summed E-state index contributed by atoms with van der Waals surface area (Å²) in [6.07, 6.45) is -0.0889. The lowest BCUT2D eigenvalue weighted by molar-refractivity contribution is -0.148. The fourth-order valence-electron chi connectivity index (χ4n) is 2.77. The van der Waals surface area contributed by atoms with E-state index in [2.05, 4.69) is 0 Å². The maximum absolute atomic E-state index is 12.8. The molecule has 0 fully saturated rings. The fourth-order valence-corrected chi connectivity index (χ4v) is 2.77. The second kappa shape index (κ2) is 11.2. The molecule has 168 valence electrons. The van der Waals surface area contributed by atoms with Gasteiger partial charge in [0.15, 0.2) is 5.78 Å². The quantitative estimate of drug-likeness (QED) is 0.539. The van der Waals surface area contributed by atoms with Crippen LogP contribution in [0.2, 0.25) is 0 Å². The SMILES string of the molecule is COC(=O)[C@H](CC(=O)[C@@H](C)N(C)C(=O)[C@H](C)N(C)C(=O)OC(C)(C)C)CC(C)C. The largest absolute Gasteiger partial charge is 0.469 e. The van der Waals surface area contributed by atoms with Gasteiger partial charge in [-0.2, -0.15) is 0 Å². The predicted molar refractivity (Wildman–Crippen MR) is 110 cm³/mol. The van der Waals surface area contributed by atoms with E-state index in [1.54, 1.807) is 34.6 Å². The van der Waals surface area contributed by atoms with Crippen molar-refractivity contribution in [3.05, 3.63) is 0 Å². The summed E-state index contributed by atoms with van der Waals surface area (Å²) in [5, 5.41) is 0. The van der Waals surface area contributed by atoms with Crippen LogP contribution in [0, 0.1) is 11.8 Å². The summed E-state index contributed by atoms with van der Waals surface area (Å²) in [6, 6.07) is -1.55. The number of Topliss-reactive ketones (excluding diaryl/α,β-unsaturated/α-hetero) is 1. The van der Waals surface area contributed by atoms with Crippen molar-refractivity contribution in [3.63, 3.8) is 0 Å². The Balaban J connectivity index is 5.12. The molecule has 0 saturated heterocycles. The number of rotatable bonds is 9. The lowest BCUT2D eigenvalue weighted by atomic mass is 9.90. The van der Waals surface area contributed by atoms with Crippen LogP contribution < -0.4 is 0 Å². The van der Waals surface area contributed by atoms with E-state index in [0.29, 0.717) is 6.42 Å². The highest BCUT2D eigenvalue weighted by atomic mass is 16.6. The molecular weight excluding hydrogens is 376 g/mol. The molecule has 0 aliphatic carbocycles. The third-order valence-corrected chi connectivity index (χ3v) is 4.75. The van der Waals surface area contributed by atoms with Crippen LogP contribution in [0.15, 0.2) is 0 Å². The minimum absolute atomic E-state index is 0.0000734. The second-order valence-electron chi connectivity index (χ2n) is 8.91. The monoisotopic (exact) mass is 414 g/mol. The highest BCUT2D eigenvalue weighted by molar-refractivity contribution is 5.93. The summed E-state index contributed by atoms with van der Waals surface area (Å²) in [5.74, 6) is -1.36. The fraction of sp³-hybridized carbons (Fsp3) is 0.810.